The molecule has 2 aromatic carbocycles. The van der Waals surface area contributed by atoms with Crippen molar-refractivity contribution in [2.24, 2.45) is 5.41 Å². The summed E-state index contributed by atoms with van der Waals surface area (Å²) < 4.78 is 13.9. The van der Waals surface area contributed by atoms with Gasteiger partial charge in [-0.2, -0.15) is 0 Å². The number of carbonyl (C=O) groups is 1. The van der Waals surface area contributed by atoms with Gasteiger partial charge >= 0.3 is 0 Å². The van der Waals surface area contributed by atoms with Gasteiger partial charge < -0.3 is 4.90 Å². The number of hydrogen-bond acceptors (Lipinski definition) is 3. The standard InChI is InChI=1S/C25H24FN3O/c26-20-9-6-11-22(17-20)29-23(19-7-2-1-3-8-19)25(24(29)30)12-15-28(16-13-25)18-21-10-4-5-14-27-21/h1-11,14,17,23H,12-13,15-16,18H2. The number of likely N-dealkylation sites (tertiary alicyclic amines) is 1. The first-order chi connectivity index (χ1) is 14.7. The molecule has 2 aliphatic rings. The Morgan fingerprint density at radius 3 is 2.43 bits per heavy atom. The number of carbonyl (C=O) groups excluding carboxylic acids is 1. The van der Waals surface area contributed by atoms with Gasteiger partial charge in [-0.1, -0.05) is 42.5 Å². The maximum Gasteiger partial charge on any atom is 0.236 e. The number of piperidine rings is 1. The summed E-state index contributed by atoms with van der Waals surface area (Å²) in [6.45, 7) is 2.50. The third-order valence-electron chi connectivity index (χ3n) is 6.49. The van der Waals surface area contributed by atoms with E-state index in [1.165, 1.54) is 12.1 Å². The second-order valence-electron chi connectivity index (χ2n) is 8.22. The van der Waals surface area contributed by atoms with Crippen LogP contribution in [0, 0.1) is 11.2 Å². The number of hydrogen-bond donors (Lipinski definition) is 0. The van der Waals surface area contributed by atoms with Crippen molar-refractivity contribution >= 4 is 11.6 Å². The predicted octanol–water partition coefficient (Wildman–Crippen LogP) is 4.59. The van der Waals surface area contributed by atoms with Gasteiger partial charge in [0.15, 0.2) is 0 Å². The first-order valence-electron chi connectivity index (χ1n) is 10.4. The zero-order chi connectivity index (χ0) is 20.6. The molecular weight excluding hydrogens is 377 g/mol. The van der Waals surface area contributed by atoms with E-state index < -0.39 is 5.41 Å². The molecule has 1 aromatic heterocycles. The van der Waals surface area contributed by atoms with Crippen molar-refractivity contribution in [2.75, 3.05) is 18.0 Å². The molecule has 30 heavy (non-hydrogen) atoms. The first kappa shape index (κ1) is 18.9. The Morgan fingerprint density at radius 1 is 0.967 bits per heavy atom. The summed E-state index contributed by atoms with van der Waals surface area (Å²) in [5.74, 6) is -0.210. The summed E-state index contributed by atoms with van der Waals surface area (Å²) in [5.41, 5.74) is 2.37. The average molecular weight is 401 g/mol. The topological polar surface area (TPSA) is 36.4 Å². The van der Waals surface area contributed by atoms with Gasteiger partial charge in [0, 0.05) is 18.4 Å². The van der Waals surface area contributed by atoms with Gasteiger partial charge in [0.05, 0.1) is 17.2 Å². The van der Waals surface area contributed by atoms with Crippen molar-refractivity contribution in [3.63, 3.8) is 0 Å². The highest BCUT2D eigenvalue weighted by atomic mass is 19.1. The molecule has 2 fully saturated rings. The van der Waals surface area contributed by atoms with Crippen LogP contribution in [-0.2, 0) is 11.3 Å². The zero-order valence-electron chi connectivity index (χ0n) is 16.7. The molecule has 4 nitrogen and oxygen atoms in total. The lowest BCUT2D eigenvalue weighted by Gasteiger charge is -2.59. The Hall–Kier alpha value is -3.05. The summed E-state index contributed by atoms with van der Waals surface area (Å²) >= 11 is 0. The number of aromatic nitrogens is 1. The van der Waals surface area contributed by atoms with Crippen LogP contribution in [0.15, 0.2) is 79.0 Å². The van der Waals surface area contributed by atoms with Crippen LogP contribution < -0.4 is 4.90 Å². The van der Waals surface area contributed by atoms with Crippen molar-refractivity contribution in [1.29, 1.82) is 0 Å². The highest BCUT2D eigenvalue weighted by Crippen LogP contribution is 2.57. The van der Waals surface area contributed by atoms with E-state index in [0.717, 1.165) is 43.7 Å². The molecule has 3 aromatic rings. The Morgan fingerprint density at radius 2 is 1.73 bits per heavy atom. The molecule has 1 unspecified atom stereocenters. The van der Waals surface area contributed by atoms with E-state index in [1.54, 1.807) is 11.0 Å². The molecule has 1 spiro atoms. The van der Waals surface area contributed by atoms with Gasteiger partial charge in [-0.15, -0.1) is 0 Å². The van der Waals surface area contributed by atoms with E-state index >= 15 is 0 Å². The Bertz CT molecular complexity index is 1030. The van der Waals surface area contributed by atoms with Gasteiger partial charge in [-0.3, -0.25) is 14.7 Å². The molecule has 152 valence electrons. The smallest absolute Gasteiger partial charge is 0.236 e. The molecule has 1 amide bonds. The number of halogens is 1. The summed E-state index contributed by atoms with van der Waals surface area (Å²) in [5, 5.41) is 0. The summed E-state index contributed by atoms with van der Waals surface area (Å²) in [7, 11) is 0. The minimum atomic E-state index is -0.422. The molecule has 0 saturated carbocycles. The lowest BCUT2D eigenvalue weighted by molar-refractivity contribution is -0.145. The fraction of sp³-hybridized carbons (Fsp3) is 0.280. The molecule has 5 rings (SSSR count). The fourth-order valence-electron chi connectivity index (χ4n) is 4.97. The Balaban J connectivity index is 1.41. The van der Waals surface area contributed by atoms with Gasteiger partial charge in [0.1, 0.15) is 5.82 Å². The summed E-state index contributed by atoms with van der Waals surface area (Å²) in [4.78, 5) is 22.1. The summed E-state index contributed by atoms with van der Waals surface area (Å²) in [6.07, 6.45) is 3.41. The average Bonchev–Trinajstić information content (AvgIpc) is 2.79. The van der Waals surface area contributed by atoms with Crippen molar-refractivity contribution in [1.82, 2.24) is 9.88 Å². The highest BCUT2D eigenvalue weighted by Gasteiger charge is 2.61. The van der Waals surface area contributed by atoms with E-state index in [1.807, 2.05) is 48.7 Å². The number of nitrogens with zero attached hydrogens (tertiary/aromatic N) is 3. The van der Waals surface area contributed by atoms with E-state index in [2.05, 4.69) is 22.0 Å². The van der Waals surface area contributed by atoms with Crippen molar-refractivity contribution in [3.8, 4) is 0 Å². The van der Waals surface area contributed by atoms with Gasteiger partial charge in [0.2, 0.25) is 5.91 Å². The maximum absolute atomic E-state index is 13.9. The van der Waals surface area contributed by atoms with Gasteiger partial charge in [0.25, 0.3) is 0 Å². The third-order valence-corrected chi connectivity index (χ3v) is 6.49. The van der Waals surface area contributed by atoms with Crippen LogP contribution in [0.3, 0.4) is 0 Å². The van der Waals surface area contributed by atoms with Crippen LogP contribution in [0.4, 0.5) is 10.1 Å². The summed E-state index contributed by atoms with van der Waals surface area (Å²) in [6, 6.07) is 22.4. The number of benzene rings is 2. The minimum absolute atomic E-state index is 0.0648. The molecule has 3 heterocycles. The molecule has 0 bridgehead atoms. The lowest BCUT2D eigenvalue weighted by Crippen LogP contribution is -2.66. The third kappa shape index (κ3) is 3.19. The second kappa shape index (κ2) is 7.65. The van der Waals surface area contributed by atoms with E-state index in [-0.39, 0.29) is 17.8 Å². The Labute approximate surface area is 176 Å². The van der Waals surface area contributed by atoms with Crippen LogP contribution in [0.2, 0.25) is 0 Å². The number of β-lactam (4-membered cyclic amide) rings is 1. The zero-order valence-corrected chi connectivity index (χ0v) is 16.7. The molecular formula is C25H24FN3O. The quantitative estimate of drug-likeness (QED) is 0.600. The predicted molar refractivity (Wildman–Crippen MR) is 114 cm³/mol. The van der Waals surface area contributed by atoms with E-state index in [9.17, 15) is 9.18 Å². The number of pyridine rings is 1. The largest absolute Gasteiger partial charge is 0.303 e. The van der Waals surface area contributed by atoms with Crippen LogP contribution in [0.5, 0.6) is 0 Å². The number of amides is 1. The number of rotatable bonds is 4. The van der Waals surface area contributed by atoms with Crippen LogP contribution in [-0.4, -0.2) is 28.9 Å². The second-order valence-corrected chi connectivity index (χ2v) is 8.22. The van der Waals surface area contributed by atoms with Crippen molar-refractivity contribution in [2.45, 2.75) is 25.4 Å². The highest BCUT2D eigenvalue weighted by molar-refractivity contribution is 6.06. The molecule has 2 aliphatic heterocycles. The monoisotopic (exact) mass is 401 g/mol. The normalized spacial score (nSPS) is 20.9. The lowest BCUT2D eigenvalue weighted by atomic mass is 9.62. The molecule has 2 saturated heterocycles. The Kier molecular flexibility index (Phi) is 4.83. The molecule has 0 N–H and O–H groups in total. The first-order valence-corrected chi connectivity index (χ1v) is 10.4. The SMILES string of the molecule is O=C1N(c2cccc(F)c2)C(c2ccccc2)C12CCN(Cc1ccccn1)CC2. The van der Waals surface area contributed by atoms with E-state index in [0.29, 0.717) is 5.69 Å². The van der Waals surface area contributed by atoms with Gasteiger partial charge in [-0.25, -0.2) is 4.39 Å². The van der Waals surface area contributed by atoms with E-state index in [4.69, 9.17) is 0 Å². The molecule has 5 heteroatoms. The van der Waals surface area contributed by atoms with Crippen LogP contribution in [0.1, 0.15) is 30.1 Å². The minimum Gasteiger partial charge on any atom is -0.303 e. The van der Waals surface area contributed by atoms with Crippen molar-refractivity contribution in [3.05, 3.63) is 96.1 Å². The fourth-order valence-corrected chi connectivity index (χ4v) is 4.97. The van der Waals surface area contributed by atoms with Crippen LogP contribution >= 0.6 is 0 Å². The van der Waals surface area contributed by atoms with Crippen molar-refractivity contribution < 1.29 is 9.18 Å². The maximum atomic E-state index is 13.9. The van der Waals surface area contributed by atoms with Gasteiger partial charge in [-0.05, 0) is 61.8 Å². The molecule has 1 atom stereocenters. The number of anilines is 1. The molecule has 0 aliphatic carbocycles. The molecule has 0 radical (unpaired) electrons. The van der Waals surface area contributed by atoms with Crippen LogP contribution in [0.25, 0.3) is 0 Å².